The van der Waals surface area contributed by atoms with E-state index >= 15 is 0 Å². The molecule has 0 amide bonds. The number of nitrogens with one attached hydrogen (secondary N) is 1. The van der Waals surface area contributed by atoms with Gasteiger partial charge in [0.15, 0.2) is 0 Å². The van der Waals surface area contributed by atoms with Crippen molar-refractivity contribution in [1.82, 2.24) is 15.0 Å². The fourth-order valence-corrected chi connectivity index (χ4v) is 3.14. The minimum absolute atomic E-state index is 0.546. The lowest BCUT2D eigenvalue weighted by atomic mass is 10.2. The molecule has 6 heteroatoms. The maximum Gasteiger partial charge on any atom is 0.138 e. The van der Waals surface area contributed by atoms with Gasteiger partial charge < -0.3 is 5.32 Å². The minimum Gasteiger partial charge on any atom is -0.369 e. The molecule has 0 radical (unpaired) electrons. The maximum atomic E-state index is 6.15. The van der Waals surface area contributed by atoms with Crippen molar-refractivity contribution in [2.75, 3.05) is 11.9 Å². The van der Waals surface area contributed by atoms with Crippen molar-refractivity contribution in [3.8, 4) is 0 Å². The SMILES string of the molecule is CCc1cnc(CCNc2nc(C)nc(Cl)c2CC)s1. The van der Waals surface area contributed by atoms with Gasteiger partial charge >= 0.3 is 0 Å². The zero-order valence-electron chi connectivity index (χ0n) is 12.0. The van der Waals surface area contributed by atoms with Crippen LogP contribution >= 0.6 is 22.9 Å². The fraction of sp³-hybridized carbons (Fsp3) is 0.500. The van der Waals surface area contributed by atoms with Crippen LogP contribution in [0.4, 0.5) is 5.82 Å². The van der Waals surface area contributed by atoms with Crippen LogP contribution in [0.3, 0.4) is 0 Å². The van der Waals surface area contributed by atoms with E-state index in [1.165, 1.54) is 4.88 Å². The Morgan fingerprint density at radius 2 is 2.05 bits per heavy atom. The lowest BCUT2D eigenvalue weighted by Gasteiger charge is -2.11. The number of hydrogen-bond donors (Lipinski definition) is 1. The van der Waals surface area contributed by atoms with Crippen LogP contribution in [-0.2, 0) is 19.3 Å². The molecule has 0 atom stereocenters. The first kappa shape index (κ1) is 15.2. The van der Waals surface area contributed by atoms with Gasteiger partial charge in [-0.3, -0.25) is 0 Å². The minimum atomic E-state index is 0.546. The molecule has 0 unspecified atom stereocenters. The van der Waals surface area contributed by atoms with Crippen LogP contribution in [-0.4, -0.2) is 21.5 Å². The number of rotatable bonds is 6. The number of nitrogens with zero attached hydrogens (tertiary/aromatic N) is 3. The Balaban J connectivity index is 2.00. The van der Waals surface area contributed by atoms with Crippen molar-refractivity contribution >= 4 is 28.8 Å². The second-order valence-electron chi connectivity index (χ2n) is 4.49. The molecule has 2 aromatic heterocycles. The van der Waals surface area contributed by atoms with Crippen LogP contribution in [0.15, 0.2) is 6.20 Å². The van der Waals surface area contributed by atoms with E-state index in [1.807, 2.05) is 13.1 Å². The predicted molar refractivity (Wildman–Crippen MR) is 84.8 cm³/mol. The first-order chi connectivity index (χ1) is 9.63. The number of halogens is 1. The van der Waals surface area contributed by atoms with Gasteiger partial charge in [-0.1, -0.05) is 25.4 Å². The Bertz CT molecular complexity index is 583. The molecular weight excluding hydrogens is 292 g/mol. The number of anilines is 1. The van der Waals surface area contributed by atoms with Gasteiger partial charge in [0.25, 0.3) is 0 Å². The van der Waals surface area contributed by atoms with Crippen molar-refractivity contribution in [3.63, 3.8) is 0 Å². The highest BCUT2D eigenvalue weighted by Crippen LogP contribution is 2.22. The van der Waals surface area contributed by atoms with Crippen molar-refractivity contribution in [2.45, 2.75) is 40.0 Å². The van der Waals surface area contributed by atoms with Crippen LogP contribution in [0.1, 0.15) is 35.1 Å². The molecule has 0 aromatic carbocycles. The molecule has 0 saturated heterocycles. The van der Waals surface area contributed by atoms with Gasteiger partial charge in [0.05, 0.1) is 5.01 Å². The van der Waals surface area contributed by atoms with Crippen LogP contribution in [0, 0.1) is 6.92 Å². The van der Waals surface area contributed by atoms with Crippen molar-refractivity contribution in [3.05, 3.63) is 32.6 Å². The first-order valence-corrected chi connectivity index (χ1v) is 8.04. The molecule has 0 fully saturated rings. The van der Waals surface area contributed by atoms with Gasteiger partial charge in [0, 0.05) is 29.6 Å². The molecular formula is C14H19ClN4S. The summed E-state index contributed by atoms with van der Waals surface area (Å²) < 4.78 is 0. The second kappa shape index (κ2) is 6.99. The van der Waals surface area contributed by atoms with Gasteiger partial charge in [0.1, 0.15) is 16.8 Å². The van der Waals surface area contributed by atoms with Crippen LogP contribution < -0.4 is 5.32 Å². The summed E-state index contributed by atoms with van der Waals surface area (Å²) in [5.41, 5.74) is 0.977. The molecule has 0 aliphatic rings. The van der Waals surface area contributed by atoms with Crippen LogP contribution in [0.2, 0.25) is 5.15 Å². The highest BCUT2D eigenvalue weighted by Gasteiger charge is 2.10. The summed E-state index contributed by atoms with van der Waals surface area (Å²) in [4.78, 5) is 14.4. The van der Waals surface area contributed by atoms with Gasteiger partial charge in [-0.2, -0.15) is 0 Å². The van der Waals surface area contributed by atoms with E-state index in [-0.39, 0.29) is 0 Å². The maximum absolute atomic E-state index is 6.15. The van der Waals surface area contributed by atoms with Crippen molar-refractivity contribution in [1.29, 1.82) is 0 Å². The smallest absolute Gasteiger partial charge is 0.138 e. The molecule has 108 valence electrons. The summed E-state index contributed by atoms with van der Waals surface area (Å²) in [5.74, 6) is 1.54. The van der Waals surface area contributed by atoms with E-state index in [4.69, 9.17) is 11.6 Å². The van der Waals surface area contributed by atoms with Crippen molar-refractivity contribution in [2.24, 2.45) is 0 Å². The highest BCUT2D eigenvalue weighted by molar-refractivity contribution is 7.11. The summed E-state index contributed by atoms with van der Waals surface area (Å²) in [5, 5.41) is 5.06. The van der Waals surface area contributed by atoms with E-state index in [0.29, 0.717) is 11.0 Å². The summed E-state index contributed by atoms with van der Waals surface area (Å²) >= 11 is 7.93. The molecule has 1 N–H and O–H groups in total. The zero-order valence-corrected chi connectivity index (χ0v) is 13.6. The molecule has 4 nitrogen and oxygen atoms in total. The molecule has 2 rings (SSSR count). The third-order valence-corrected chi connectivity index (χ3v) is 4.52. The van der Waals surface area contributed by atoms with Crippen molar-refractivity contribution < 1.29 is 0 Å². The molecule has 20 heavy (non-hydrogen) atoms. The summed E-state index contributed by atoms with van der Waals surface area (Å²) in [6.07, 6.45) is 4.72. The molecule has 2 aromatic rings. The van der Waals surface area contributed by atoms with E-state index < -0.39 is 0 Å². The topological polar surface area (TPSA) is 50.7 Å². The zero-order chi connectivity index (χ0) is 14.5. The van der Waals surface area contributed by atoms with Gasteiger partial charge in [0.2, 0.25) is 0 Å². The molecule has 0 spiro atoms. The lowest BCUT2D eigenvalue weighted by Crippen LogP contribution is -2.10. The normalized spacial score (nSPS) is 10.8. The molecule has 2 heterocycles. The molecule has 0 saturated carbocycles. The summed E-state index contributed by atoms with van der Waals surface area (Å²) in [6, 6.07) is 0. The largest absolute Gasteiger partial charge is 0.369 e. The Hall–Kier alpha value is -1.20. The highest BCUT2D eigenvalue weighted by atomic mass is 35.5. The standard InChI is InChI=1S/C14H19ClN4S/c1-4-10-8-17-12(20-10)6-7-16-14-11(5-2)13(15)18-9(3)19-14/h8H,4-7H2,1-3H3,(H,16,18,19). The van der Waals surface area contributed by atoms with E-state index in [0.717, 1.165) is 42.2 Å². The Labute approximate surface area is 128 Å². The third kappa shape index (κ3) is 3.67. The average molecular weight is 311 g/mol. The van der Waals surface area contributed by atoms with Gasteiger partial charge in [-0.25, -0.2) is 15.0 Å². The van der Waals surface area contributed by atoms with E-state index in [2.05, 4.69) is 34.1 Å². The third-order valence-electron chi connectivity index (χ3n) is 3.00. The summed E-state index contributed by atoms with van der Waals surface area (Å²) in [7, 11) is 0. The monoisotopic (exact) mass is 310 g/mol. The fourth-order valence-electron chi connectivity index (χ4n) is 1.94. The van der Waals surface area contributed by atoms with Gasteiger partial charge in [-0.05, 0) is 19.8 Å². The molecule has 0 aliphatic heterocycles. The number of thiazole rings is 1. The predicted octanol–water partition coefficient (Wildman–Crippen LogP) is 3.67. The first-order valence-electron chi connectivity index (χ1n) is 6.84. The lowest BCUT2D eigenvalue weighted by molar-refractivity contribution is 0.943. The molecule has 0 aliphatic carbocycles. The Morgan fingerprint density at radius 3 is 2.70 bits per heavy atom. The number of hydrogen-bond acceptors (Lipinski definition) is 5. The van der Waals surface area contributed by atoms with Crippen LogP contribution in [0.25, 0.3) is 0 Å². The quantitative estimate of drug-likeness (QED) is 0.827. The van der Waals surface area contributed by atoms with E-state index in [9.17, 15) is 0 Å². The van der Waals surface area contributed by atoms with Gasteiger partial charge in [-0.15, -0.1) is 11.3 Å². The number of aryl methyl sites for hydroxylation is 2. The second-order valence-corrected chi connectivity index (χ2v) is 6.05. The Kier molecular flexibility index (Phi) is 5.31. The summed E-state index contributed by atoms with van der Waals surface area (Å²) in [6.45, 7) is 6.86. The van der Waals surface area contributed by atoms with E-state index in [1.54, 1.807) is 11.3 Å². The number of aromatic nitrogens is 3. The van der Waals surface area contributed by atoms with Crippen LogP contribution in [0.5, 0.6) is 0 Å². The molecule has 0 bridgehead atoms. The Morgan fingerprint density at radius 1 is 1.25 bits per heavy atom. The average Bonchev–Trinajstić information content (AvgIpc) is 2.86.